The highest BCUT2D eigenvalue weighted by atomic mass is 32.2. The van der Waals surface area contributed by atoms with Gasteiger partial charge >= 0.3 is 5.69 Å². The van der Waals surface area contributed by atoms with Crippen molar-refractivity contribution < 1.29 is 0 Å². The number of hydrogen-bond acceptors (Lipinski definition) is 5. The highest BCUT2D eigenvalue weighted by Crippen LogP contribution is 2.26. The second kappa shape index (κ2) is 5.41. The van der Waals surface area contributed by atoms with Gasteiger partial charge in [-0.1, -0.05) is 6.07 Å². The van der Waals surface area contributed by atoms with E-state index in [2.05, 4.69) is 26.6 Å². The first-order valence-corrected chi connectivity index (χ1v) is 7.43. The monoisotopic (exact) mass is 291 g/mol. The second-order valence-corrected chi connectivity index (χ2v) is 6.05. The average molecular weight is 291 g/mol. The molecule has 0 radical (unpaired) electrons. The maximum Gasteiger partial charge on any atom is 0.343 e. The molecule has 2 aromatic heterocycles. The van der Waals surface area contributed by atoms with E-state index in [9.17, 15) is 4.79 Å². The van der Waals surface area contributed by atoms with Crippen molar-refractivity contribution in [2.24, 2.45) is 7.05 Å². The third-order valence-corrected chi connectivity index (χ3v) is 4.45. The summed E-state index contributed by atoms with van der Waals surface area (Å²) >= 11 is 1.40. The molecule has 3 rings (SSSR count). The Hall–Kier alpha value is -1.60. The third-order valence-electron chi connectivity index (χ3n) is 3.29. The van der Waals surface area contributed by atoms with Gasteiger partial charge in [-0.2, -0.15) is 0 Å². The zero-order valence-electron chi connectivity index (χ0n) is 11.5. The lowest BCUT2D eigenvalue weighted by atomic mass is 10.2. The minimum absolute atomic E-state index is 0.213. The van der Waals surface area contributed by atoms with Gasteiger partial charge < -0.3 is 5.32 Å². The quantitative estimate of drug-likeness (QED) is 0.866. The van der Waals surface area contributed by atoms with Gasteiger partial charge in [0.2, 0.25) is 0 Å². The topological polar surface area (TPSA) is 75.6 Å². The summed E-state index contributed by atoms with van der Waals surface area (Å²) in [5.41, 5.74) is 2.07. The van der Waals surface area contributed by atoms with Crippen molar-refractivity contribution in [2.45, 2.75) is 42.5 Å². The molecule has 0 unspecified atom stereocenters. The Morgan fingerprint density at radius 3 is 2.95 bits per heavy atom. The predicted octanol–water partition coefficient (Wildman–Crippen LogP) is 1.22. The van der Waals surface area contributed by atoms with Crippen molar-refractivity contribution in [3.8, 4) is 0 Å². The smallest absolute Gasteiger partial charge is 0.310 e. The molecule has 0 bridgehead atoms. The molecule has 2 N–H and O–H groups in total. The molecule has 1 saturated carbocycles. The molecule has 20 heavy (non-hydrogen) atoms. The molecule has 6 nitrogen and oxygen atoms in total. The number of aromatic amines is 1. The molecule has 0 saturated heterocycles. The van der Waals surface area contributed by atoms with Crippen LogP contribution in [0.4, 0.5) is 0 Å². The molecule has 0 atom stereocenters. The van der Waals surface area contributed by atoms with Crippen molar-refractivity contribution in [1.82, 2.24) is 25.1 Å². The average Bonchev–Trinajstić information content (AvgIpc) is 3.21. The normalized spacial score (nSPS) is 14.7. The van der Waals surface area contributed by atoms with E-state index in [1.807, 2.05) is 13.1 Å². The molecule has 1 aliphatic rings. The zero-order valence-corrected chi connectivity index (χ0v) is 12.3. The molecule has 106 valence electrons. The van der Waals surface area contributed by atoms with E-state index in [0.29, 0.717) is 11.2 Å². The third kappa shape index (κ3) is 2.94. The van der Waals surface area contributed by atoms with Crippen molar-refractivity contribution in [1.29, 1.82) is 0 Å². The van der Waals surface area contributed by atoms with Crippen LogP contribution in [0.15, 0.2) is 27.2 Å². The first-order chi connectivity index (χ1) is 9.63. The molecule has 1 aliphatic carbocycles. The van der Waals surface area contributed by atoms with Crippen LogP contribution in [0.5, 0.6) is 0 Å². The summed E-state index contributed by atoms with van der Waals surface area (Å²) in [4.78, 5) is 15.8. The molecule has 0 aliphatic heterocycles. The van der Waals surface area contributed by atoms with Gasteiger partial charge in [0.05, 0.1) is 0 Å². The van der Waals surface area contributed by atoms with E-state index in [-0.39, 0.29) is 5.69 Å². The van der Waals surface area contributed by atoms with Gasteiger partial charge in [0, 0.05) is 25.8 Å². The van der Waals surface area contributed by atoms with Crippen LogP contribution < -0.4 is 11.0 Å². The zero-order chi connectivity index (χ0) is 14.1. The van der Waals surface area contributed by atoms with Crippen LogP contribution in [-0.2, 0) is 13.6 Å². The van der Waals surface area contributed by atoms with Gasteiger partial charge in [0.25, 0.3) is 0 Å². The Bertz CT molecular complexity index is 674. The largest absolute Gasteiger partial charge is 0.343 e. The number of aryl methyl sites for hydroxylation is 1. The fourth-order valence-electron chi connectivity index (χ4n) is 1.88. The van der Waals surface area contributed by atoms with Crippen LogP contribution in [0, 0.1) is 6.92 Å². The number of pyridine rings is 1. The van der Waals surface area contributed by atoms with Crippen molar-refractivity contribution in [2.75, 3.05) is 0 Å². The van der Waals surface area contributed by atoms with Crippen LogP contribution in [0.25, 0.3) is 0 Å². The van der Waals surface area contributed by atoms with Crippen LogP contribution in [0.3, 0.4) is 0 Å². The van der Waals surface area contributed by atoms with Crippen LogP contribution in [0.2, 0.25) is 0 Å². The van der Waals surface area contributed by atoms with E-state index in [0.717, 1.165) is 17.1 Å². The summed E-state index contributed by atoms with van der Waals surface area (Å²) in [5, 5.41) is 11.4. The van der Waals surface area contributed by atoms with Crippen LogP contribution in [0.1, 0.15) is 24.0 Å². The molecule has 2 aromatic rings. The SMILES string of the molecule is Cc1cc(CNC2CC2)cnc1Sc1n[nH]c(=O)n1C. The van der Waals surface area contributed by atoms with Crippen molar-refractivity contribution in [3.05, 3.63) is 33.9 Å². The van der Waals surface area contributed by atoms with Gasteiger partial charge in [0.15, 0.2) is 5.16 Å². The highest BCUT2D eigenvalue weighted by molar-refractivity contribution is 7.99. The standard InChI is InChI=1S/C13H17N5OS/c1-8-5-9(6-14-10-3-4-10)7-15-11(8)20-13-17-16-12(19)18(13)2/h5,7,10,14H,3-4,6H2,1-2H3,(H,16,19). The van der Waals surface area contributed by atoms with E-state index in [4.69, 9.17) is 0 Å². The lowest BCUT2D eigenvalue weighted by Gasteiger charge is -2.07. The summed E-state index contributed by atoms with van der Waals surface area (Å²) in [6.45, 7) is 2.89. The molecule has 0 spiro atoms. The lowest BCUT2D eigenvalue weighted by Crippen LogP contribution is -2.15. The second-order valence-electron chi connectivity index (χ2n) is 5.09. The maximum atomic E-state index is 11.3. The van der Waals surface area contributed by atoms with Gasteiger partial charge in [-0.3, -0.25) is 4.57 Å². The molecule has 2 heterocycles. The number of nitrogens with zero attached hydrogens (tertiary/aromatic N) is 3. The molecular weight excluding hydrogens is 274 g/mol. The number of nitrogens with one attached hydrogen (secondary N) is 2. The first kappa shape index (κ1) is 13.4. The summed E-state index contributed by atoms with van der Waals surface area (Å²) in [7, 11) is 1.69. The van der Waals surface area contributed by atoms with E-state index < -0.39 is 0 Å². The van der Waals surface area contributed by atoms with Gasteiger partial charge in [-0.05, 0) is 42.7 Å². The van der Waals surface area contributed by atoms with E-state index >= 15 is 0 Å². The van der Waals surface area contributed by atoms with Crippen LogP contribution >= 0.6 is 11.8 Å². The highest BCUT2D eigenvalue weighted by Gasteiger charge is 2.20. The Balaban J connectivity index is 1.73. The van der Waals surface area contributed by atoms with Crippen molar-refractivity contribution in [3.63, 3.8) is 0 Å². The Morgan fingerprint density at radius 2 is 2.35 bits per heavy atom. The first-order valence-electron chi connectivity index (χ1n) is 6.61. The number of hydrogen-bond donors (Lipinski definition) is 2. The lowest BCUT2D eigenvalue weighted by molar-refractivity contribution is 0.684. The molecule has 0 aromatic carbocycles. The van der Waals surface area contributed by atoms with E-state index in [1.54, 1.807) is 7.05 Å². The van der Waals surface area contributed by atoms with Gasteiger partial charge in [0.1, 0.15) is 5.03 Å². The predicted molar refractivity (Wildman–Crippen MR) is 76.8 cm³/mol. The molecule has 1 fully saturated rings. The summed E-state index contributed by atoms with van der Waals surface area (Å²) < 4.78 is 1.48. The Kier molecular flexibility index (Phi) is 3.62. The Labute approximate surface area is 121 Å². The fraction of sp³-hybridized carbons (Fsp3) is 0.462. The van der Waals surface area contributed by atoms with Crippen LogP contribution in [-0.4, -0.2) is 25.8 Å². The minimum Gasteiger partial charge on any atom is -0.310 e. The van der Waals surface area contributed by atoms with Gasteiger partial charge in [-0.25, -0.2) is 14.9 Å². The van der Waals surface area contributed by atoms with Crippen molar-refractivity contribution >= 4 is 11.8 Å². The molecular formula is C13H17N5OS. The van der Waals surface area contributed by atoms with Gasteiger partial charge in [-0.15, -0.1) is 5.10 Å². The molecule has 7 heteroatoms. The minimum atomic E-state index is -0.213. The van der Waals surface area contributed by atoms with E-state index in [1.165, 1.54) is 34.7 Å². The number of H-pyrrole nitrogens is 1. The Morgan fingerprint density at radius 1 is 1.55 bits per heavy atom. The maximum absolute atomic E-state index is 11.3. The fourth-order valence-corrected chi connectivity index (χ4v) is 2.69. The summed E-state index contributed by atoms with van der Waals surface area (Å²) in [5.74, 6) is 0. The molecule has 0 amide bonds. The number of aromatic nitrogens is 4. The summed E-state index contributed by atoms with van der Waals surface area (Å²) in [6, 6.07) is 2.83. The summed E-state index contributed by atoms with van der Waals surface area (Å²) in [6.07, 6.45) is 4.45. The number of rotatable bonds is 5.